The highest BCUT2D eigenvalue weighted by molar-refractivity contribution is 7.92. The highest BCUT2D eigenvalue weighted by Gasteiger charge is 2.31. The molecule has 202 valence electrons. The van der Waals surface area contributed by atoms with Gasteiger partial charge in [0.25, 0.3) is 0 Å². The lowest BCUT2D eigenvalue weighted by atomic mass is 10.1. The Bertz CT molecular complexity index is 1180. The number of carbonyl (C=O) groups is 2. The number of nitrogens with one attached hydrogen (secondary N) is 1. The van der Waals surface area contributed by atoms with Gasteiger partial charge in [-0.1, -0.05) is 61.7 Å². The van der Waals surface area contributed by atoms with Gasteiger partial charge in [-0.15, -0.1) is 0 Å². The van der Waals surface area contributed by atoms with Crippen LogP contribution in [0.1, 0.15) is 63.0 Å². The maximum Gasteiger partial charge on any atom is 0.243 e. The number of halogens is 1. The van der Waals surface area contributed by atoms with Crippen molar-refractivity contribution in [2.45, 2.75) is 77.4 Å². The Balaban J connectivity index is 1.76. The Morgan fingerprint density at radius 1 is 1.11 bits per heavy atom. The van der Waals surface area contributed by atoms with E-state index in [1.54, 1.807) is 11.0 Å². The standard InChI is InChI=1S/C28H38FN3O4S/c1-4-25(28(34)30-23-13-5-6-14-23)31(20-22-12-9-11-21(2)19-22)27(33)17-10-18-32(37(3,35)36)26-16-8-7-15-24(26)29/h7-9,11-12,15-16,19,23,25H,4-6,10,13-14,17-18,20H2,1-3H3,(H,30,34). The lowest BCUT2D eigenvalue weighted by molar-refractivity contribution is -0.141. The van der Waals surface area contributed by atoms with Crippen LogP contribution >= 0.6 is 0 Å². The van der Waals surface area contributed by atoms with Crippen LogP contribution in [0.2, 0.25) is 0 Å². The summed E-state index contributed by atoms with van der Waals surface area (Å²) in [6.07, 6.45) is 5.77. The zero-order chi connectivity index (χ0) is 27.0. The first-order valence-corrected chi connectivity index (χ1v) is 14.8. The number of para-hydroxylation sites is 1. The minimum atomic E-state index is -3.76. The van der Waals surface area contributed by atoms with Crippen molar-refractivity contribution in [1.82, 2.24) is 10.2 Å². The maximum absolute atomic E-state index is 14.3. The number of sulfonamides is 1. The molecule has 0 radical (unpaired) electrons. The highest BCUT2D eigenvalue weighted by atomic mass is 32.2. The number of hydrogen-bond donors (Lipinski definition) is 1. The van der Waals surface area contributed by atoms with Crippen LogP contribution in [0, 0.1) is 12.7 Å². The molecule has 1 aliphatic rings. The summed E-state index contributed by atoms with van der Waals surface area (Å²) < 4.78 is 40.1. The number of nitrogens with zero attached hydrogens (tertiary/aromatic N) is 2. The van der Waals surface area contributed by atoms with Crippen molar-refractivity contribution < 1.29 is 22.4 Å². The molecule has 0 spiro atoms. The summed E-state index contributed by atoms with van der Waals surface area (Å²) >= 11 is 0. The van der Waals surface area contributed by atoms with Crippen LogP contribution in [0.15, 0.2) is 48.5 Å². The molecule has 0 aliphatic heterocycles. The third kappa shape index (κ3) is 8.02. The fourth-order valence-electron chi connectivity index (χ4n) is 4.93. The van der Waals surface area contributed by atoms with Crippen molar-refractivity contribution in [1.29, 1.82) is 0 Å². The number of amides is 2. The van der Waals surface area contributed by atoms with Gasteiger partial charge in [0.15, 0.2) is 0 Å². The van der Waals surface area contributed by atoms with Crippen molar-refractivity contribution >= 4 is 27.5 Å². The summed E-state index contributed by atoms with van der Waals surface area (Å²) in [4.78, 5) is 28.4. The number of benzene rings is 2. The van der Waals surface area contributed by atoms with Gasteiger partial charge in [0, 0.05) is 25.6 Å². The average Bonchev–Trinajstić information content (AvgIpc) is 3.34. The molecule has 3 rings (SSSR count). The van der Waals surface area contributed by atoms with E-state index in [1.165, 1.54) is 18.2 Å². The number of aryl methyl sites for hydroxylation is 1. The van der Waals surface area contributed by atoms with Crippen LogP contribution in [0.3, 0.4) is 0 Å². The molecule has 1 N–H and O–H groups in total. The lowest BCUT2D eigenvalue weighted by Gasteiger charge is -2.32. The second-order valence-corrected chi connectivity index (χ2v) is 11.7. The molecule has 0 heterocycles. The Hall–Kier alpha value is -2.94. The number of anilines is 1. The van der Waals surface area contributed by atoms with Crippen molar-refractivity contribution in [3.05, 3.63) is 65.5 Å². The third-order valence-corrected chi connectivity index (χ3v) is 7.98. The van der Waals surface area contributed by atoms with Crippen LogP contribution in [0.4, 0.5) is 10.1 Å². The number of hydrogen-bond acceptors (Lipinski definition) is 4. The molecule has 1 aliphatic carbocycles. The predicted molar refractivity (Wildman–Crippen MR) is 144 cm³/mol. The normalized spacial score (nSPS) is 14.8. The van der Waals surface area contributed by atoms with Gasteiger partial charge in [0.05, 0.1) is 11.9 Å². The Morgan fingerprint density at radius 3 is 2.43 bits per heavy atom. The SMILES string of the molecule is CCC(C(=O)NC1CCCC1)N(Cc1cccc(C)c1)C(=O)CCCN(c1ccccc1F)S(C)(=O)=O. The quantitative estimate of drug-likeness (QED) is 0.436. The number of rotatable bonds is 12. The van der Waals surface area contributed by atoms with E-state index >= 15 is 0 Å². The highest BCUT2D eigenvalue weighted by Crippen LogP contribution is 2.23. The third-order valence-electron chi connectivity index (χ3n) is 6.80. The summed E-state index contributed by atoms with van der Waals surface area (Å²) in [6, 6.07) is 13.0. The Labute approximate surface area is 220 Å². The van der Waals surface area contributed by atoms with Crippen molar-refractivity contribution in [2.75, 3.05) is 17.1 Å². The van der Waals surface area contributed by atoms with Crippen LogP contribution < -0.4 is 9.62 Å². The van der Waals surface area contributed by atoms with Crippen LogP contribution in [0.25, 0.3) is 0 Å². The summed E-state index contributed by atoms with van der Waals surface area (Å²) in [5.74, 6) is -1.04. The molecular formula is C28H38FN3O4S. The van der Waals surface area contributed by atoms with Crippen molar-refractivity contribution in [3.8, 4) is 0 Å². The molecule has 37 heavy (non-hydrogen) atoms. The molecule has 7 nitrogen and oxygen atoms in total. The smallest absolute Gasteiger partial charge is 0.243 e. The molecule has 2 amide bonds. The topological polar surface area (TPSA) is 86.8 Å². The second-order valence-electron chi connectivity index (χ2n) is 9.81. The lowest BCUT2D eigenvalue weighted by Crippen LogP contribution is -2.51. The van der Waals surface area contributed by atoms with Crippen molar-refractivity contribution in [2.24, 2.45) is 0 Å². The molecule has 1 fully saturated rings. The molecular weight excluding hydrogens is 493 g/mol. The fraction of sp³-hybridized carbons (Fsp3) is 0.500. The van der Waals surface area contributed by atoms with Gasteiger partial charge in [0.2, 0.25) is 21.8 Å². The number of carbonyl (C=O) groups excluding carboxylic acids is 2. The first-order valence-electron chi connectivity index (χ1n) is 13.0. The van der Waals surface area contributed by atoms with Crippen LogP contribution in [-0.4, -0.2) is 50.0 Å². The molecule has 9 heteroatoms. The van der Waals surface area contributed by atoms with Crippen LogP contribution in [0.5, 0.6) is 0 Å². The van der Waals surface area contributed by atoms with E-state index in [2.05, 4.69) is 5.32 Å². The molecule has 1 unspecified atom stereocenters. The zero-order valence-corrected chi connectivity index (χ0v) is 22.8. The molecule has 2 aromatic rings. The van der Waals surface area contributed by atoms with E-state index in [-0.39, 0.29) is 49.5 Å². The van der Waals surface area contributed by atoms with Gasteiger partial charge in [-0.3, -0.25) is 13.9 Å². The van der Waals surface area contributed by atoms with Gasteiger partial charge in [-0.25, -0.2) is 12.8 Å². The predicted octanol–water partition coefficient (Wildman–Crippen LogP) is 4.55. The minimum absolute atomic E-state index is 0.0273. The fourth-order valence-corrected chi connectivity index (χ4v) is 5.90. The van der Waals surface area contributed by atoms with Gasteiger partial charge < -0.3 is 10.2 Å². The molecule has 2 aromatic carbocycles. The Morgan fingerprint density at radius 2 is 1.81 bits per heavy atom. The first kappa shape index (κ1) is 28.6. The molecule has 0 saturated heterocycles. The van der Waals surface area contributed by atoms with E-state index in [4.69, 9.17) is 0 Å². The summed E-state index contributed by atoms with van der Waals surface area (Å²) in [6.45, 7) is 4.09. The van der Waals surface area contributed by atoms with Crippen molar-refractivity contribution in [3.63, 3.8) is 0 Å². The first-order chi connectivity index (χ1) is 17.6. The average molecular weight is 532 g/mol. The summed E-state index contributed by atoms with van der Waals surface area (Å²) in [5, 5.41) is 3.12. The van der Waals surface area contributed by atoms with E-state index in [1.807, 2.05) is 38.1 Å². The van der Waals surface area contributed by atoms with E-state index in [0.29, 0.717) is 6.42 Å². The second kappa shape index (κ2) is 13.0. The summed E-state index contributed by atoms with van der Waals surface area (Å²) in [7, 11) is -3.76. The van der Waals surface area contributed by atoms with Gasteiger partial charge >= 0.3 is 0 Å². The monoisotopic (exact) mass is 531 g/mol. The van der Waals surface area contributed by atoms with Gasteiger partial charge in [-0.2, -0.15) is 0 Å². The minimum Gasteiger partial charge on any atom is -0.352 e. The van der Waals surface area contributed by atoms with Gasteiger partial charge in [0.1, 0.15) is 11.9 Å². The molecule has 1 saturated carbocycles. The summed E-state index contributed by atoms with van der Waals surface area (Å²) in [5.41, 5.74) is 1.93. The zero-order valence-electron chi connectivity index (χ0n) is 22.0. The van der Waals surface area contributed by atoms with E-state index < -0.39 is 21.9 Å². The Kier molecular flexibility index (Phi) is 10.1. The van der Waals surface area contributed by atoms with E-state index in [9.17, 15) is 22.4 Å². The molecule has 0 bridgehead atoms. The maximum atomic E-state index is 14.3. The van der Waals surface area contributed by atoms with Gasteiger partial charge in [-0.05, 0) is 50.3 Å². The van der Waals surface area contributed by atoms with E-state index in [0.717, 1.165) is 47.4 Å². The molecule has 1 atom stereocenters. The van der Waals surface area contributed by atoms with Crippen LogP contribution in [-0.2, 0) is 26.2 Å². The molecule has 0 aromatic heterocycles. The largest absolute Gasteiger partial charge is 0.352 e.